The Morgan fingerprint density at radius 2 is 2.29 bits per heavy atom. The number of hydrogen-bond donors (Lipinski definition) is 1. The Labute approximate surface area is 137 Å². The van der Waals surface area contributed by atoms with Crippen molar-refractivity contribution in [2.45, 2.75) is 45.3 Å². The summed E-state index contributed by atoms with van der Waals surface area (Å²) in [5, 5.41) is 3.54. The average molecular weight is 355 g/mol. The molecule has 0 aliphatic carbocycles. The molecule has 1 aromatic carbocycles. The molecule has 0 bridgehead atoms. The Hall–Kier alpha value is -0.580. The topological polar surface area (TPSA) is 24.5 Å². The van der Waals surface area contributed by atoms with Crippen molar-refractivity contribution in [2.24, 2.45) is 0 Å². The van der Waals surface area contributed by atoms with Gasteiger partial charge in [-0.3, -0.25) is 0 Å². The number of piperidine rings is 1. The molecule has 3 nitrogen and oxygen atoms in total. The fraction of sp³-hybridized carbons (Fsp3) is 0.647. The number of benzene rings is 1. The number of methoxy groups -OCH3 is 1. The third-order valence-corrected chi connectivity index (χ3v) is 4.91. The minimum absolute atomic E-state index is 0.363. The van der Waals surface area contributed by atoms with Gasteiger partial charge < -0.3 is 15.0 Å². The highest BCUT2D eigenvalue weighted by Gasteiger charge is 2.20. The summed E-state index contributed by atoms with van der Waals surface area (Å²) < 4.78 is 6.71. The standard InChI is InChI=1S/C17H27BrN2O/c1-4-9-19-13(2)16-8-7-14(11-17(16)18)20-10-5-6-15(12-20)21-3/h7-8,11,13,15,19H,4-6,9-10,12H2,1-3H3. The Morgan fingerprint density at radius 3 is 2.95 bits per heavy atom. The number of anilines is 1. The lowest BCUT2D eigenvalue weighted by Gasteiger charge is -2.34. The van der Waals surface area contributed by atoms with Crippen molar-refractivity contribution in [2.75, 3.05) is 31.6 Å². The first kappa shape index (κ1) is 16.8. The molecule has 2 atom stereocenters. The van der Waals surface area contributed by atoms with Gasteiger partial charge >= 0.3 is 0 Å². The van der Waals surface area contributed by atoms with Gasteiger partial charge in [0.25, 0.3) is 0 Å². The van der Waals surface area contributed by atoms with Crippen LogP contribution >= 0.6 is 15.9 Å². The van der Waals surface area contributed by atoms with Crippen LogP contribution in [0.2, 0.25) is 0 Å². The van der Waals surface area contributed by atoms with Crippen molar-refractivity contribution < 1.29 is 4.74 Å². The van der Waals surface area contributed by atoms with Crippen molar-refractivity contribution >= 4 is 21.6 Å². The summed E-state index contributed by atoms with van der Waals surface area (Å²) >= 11 is 3.74. The minimum atomic E-state index is 0.363. The van der Waals surface area contributed by atoms with Gasteiger partial charge in [-0.05, 0) is 50.4 Å². The number of nitrogens with zero attached hydrogens (tertiary/aromatic N) is 1. The summed E-state index contributed by atoms with van der Waals surface area (Å²) in [5.41, 5.74) is 2.61. The maximum atomic E-state index is 5.52. The van der Waals surface area contributed by atoms with Crippen molar-refractivity contribution in [1.29, 1.82) is 0 Å². The summed E-state index contributed by atoms with van der Waals surface area (Å²) in [6.45, 7) is 7.58. The van der Waals surface area contributed by atoms with Crippen molar-refractivity contribution in [3.05, 3.63) is 28.2 Å². The number of rotatable bonds is 6. The van der Waals surface area contributed by atoms with Crippen LogP contribution in [0.5, 0.6) is 0 Å². The summed E-state index contributed by atoms with van der Waals surface area (Å²) in [4.78, 5) is 2.43. The summed E-state index contributed by atoms with van der Waals surface area (Å²) in [5.74, 6) is 0. The Bertz CT molecular complexity index is 452. The molecular formula is C17H27BrN2O. The lowest BCUT2D eigenvalue weighted by molar-refractivity contribution is 0.0893. The van der Waals surface area contributed by atoms with Crippen LogP contribution in [0.1, 0.15) is 44.7 Å². The SMILES string of the molecule is CCCNC(C)c1ccc(N2CCCC(OC)C2)cc1Br. The number of nitrogens with one attached hydrogen (secondary N) is 1. The van der Waals surface area contributed by atoms with Crippen molar-refractivity contribution in [3.63, 3.8) is 0 Å². The van der Waals surface area contributed by atoms with Crippen LogP contribution in [-0.2, 0) is 4.74 Å². The van der Waals surface area contributed by atoms with Crippen LogP contribution in [0.4, 0.5) is 5.69 Å². The highest BCUT2D eigenvalue weighted by Crippen LogP contribution is 2.30. The summed E-state index contributed by atoms with van der Waals surface area (Å²) in [6.07, 6.45) is 3.89. The van der Waals surface area contributed by atoms with E-state index in [9.17, 15) is 0 Å². The van der Waals surface area contributed by atoms with Crippen LogP contribution in [0.3, 0.4) is 0 Å². The molecule has 1 aromatic rings. The van der Waals surface area contributed by atoms with Gasteiger partial charge in [0.2, 0.25) is 0 Å². The third-order valence-electron chi connectivity index (χ3n) is 4.23. The van der Waals surface area contributed by atoms with E-state index in [0.717, 1.165) is 26.1 Å². The van der Waals surface area contributed by atoms with Gasteiger partial charge in [-0.15, -0.1) is 0 Å². The largest absolute Gasteiger partial charge is 0.380 e. The van der Waals surface area contributed by atoms with Gasteiger partial charge in [-0.2, -0.15) is 0 Å². The first-order valence-electron chi connectivity index (χ1n) is 7.96. The number of hydrogen-bond acceptors (Lipinski definition) is 3. The number of ether oxygens (including phenoxy) is 1. The van der Waals surface area contributed by atoms with Gasteiger partial charge in [0, 0.05) is 36.4 Å². The van der Waals surface area contributed by atoms with Crippen LogP contribution < -0.4 is 10.2 Å². The fourth-order valence-electron chi connectivity index (χ4n) is 2.90. The molecule has 1 aliphatic heterocycles. The summed E-state index contributed by atoms with van der Waals surface area (Å²) in [7, 11) is 1.81. The zero-order valence-corrected chi connectivity index (χ0v) is 14.9. The fourth-order valence-corrected chi connectivity index (χ4v) is 3.61. The van der Waals surface area contributed by atoms with E-state index in [4.69, 9.17) is 4.74 Å². The van der Waals surface area contributed by atoms with E-state index in [-0.39, 0.29) is 0 Å². The highest BCUT2D eigenvalue weighted by atomic mass is 79.9. The van der Waals surface area contributed by atoms with E-state index >= 15 is 0 Å². The Morgan fingerprint density at radius 1 is 1.48 bits per heavy atom. The molecule has 1 aliphatic rings. The summed E-state index contributed by atoms with van der Waals surface area (Å²) in [6, 6.07) is 7.10. The van der Waals surface area contributed by atoms with Crippen LogP contribution in [0, 0.1) is 0 Å². The molecule has 0 aromatic heterocycles. The second-order valence-corrected chi connectivity index (χ2v) is 6.68. The van der Waals surface area contributed by atoms with Gasteiger partial charge in [-0.25, -0.2) is 0 Å². The van der Waals surface area contributed by atoms with Gasteiger partial charge in [0.1, 0.15) is 0 Å². The van der Waals surface area contributed by atoms with E-state index in [1.807, 2.05) is 7.11 Å². The quantitative estimate of drug-likeness (QED) is 0.831. The van der Waals surface area contributed by atoms with Crippen LogP contribution in [0.15, 0.2) is 22.7 Å². The highest BCUT2D eigenvalue weighted by molar-refractivity contribution is 9.10. The predicted octanol–water partition coefficient (Wildman–Crippen LogP) is 4.12. The lowest BCUT2D eigenvalue weighted by atomic mass is 10.0. The molecule has 0 spiro atoms. The Kier molecular flexibility index (Phi) is 6.52. The smallest absolute Gasteiger partial charge is 0.0746 e. The first-order chi connectivity index (χ1) is 10.2. The zero-order valence-electron chi connectivity index (χ0n) is 13.4. The maximum absolute atomic E-state index is 5.52. The van der Waals surface area contributed by atoms with Gasteiger partial charge in [-0.1, -0.05) is 28.9 Å². The molecule has 21 heavy (non-hydrogen) atoms. The second-order valence-electron chi connectivity index (χ2n) is 5.83. The predicted molar refractivity (Wildman–Crippen MR) is 93.1 cm³/mol. The molecular weight excluding hydrogens is 328 g/mol. The molecule has 1 fully saturated rings. The molecule has 118 valence electrons. The number of halogens is 1. The van der Waals surface area contributed by atoms with Gasteiger partial charge in [0.15, 0.2) is 0 Å². The Balaban J connectivity index is 2.07. The van der Waals surface area contributed by atoms with Crippen LogP contribution in [-0.4, -0.2) is 32.8 Å². The minimum Gasteiger partial charge on any atom is -0.380 e. The molecule has 2 unspecified atom stereocenters. The monoisotopic (exact) mass is 354 g/mol. The van der Waals surface area contributed by atoms with Crippen molar-refractivity contribution in [3.8, 4) is 0 Å². The van der Waals surface area contributed by atoms with Gasteiger partial charge in [0.05, 0.1) is 6.10 Å². The zero-order chi connectivity index (χ0) is 15.2. The van der Waals surface area contributed by atoms with E-state index < -0.39 is 0 Å². The molecule has 2 rings (SSSR count). The average Bonchev–Trinajstić information content (AvgIpc) is 2.52. The lowest BCUT2D eigenvalue weighted by Crippen LogP contribution is -2.39. The molecule has 1 N–H and O–H groups in total. The first-order valence-corrected chi connectivity index (χ1v) is 8.75. The molecule has 1 heterocycles. The second kappa shape index (κ2) is 8.16. The van der Waals surface area contributed by atoms with E-state index in [1.54, 1.807) is 0 Å². The van der Waals surface area contributed by atoms with E-state index in [1.165, 1.54) is 28.6 Å². The molecule has 1 saturated heterocycles. The normalized spacial score (nSPS) is 20.6. The molecule has 0 saturated carbocycles. The maximum Gasteiger partial charge on any atom is 0.0746 e. The van der Waals surface area contributed by atoms with Crippen LogP contribution in [0.25, 0.3) is 0 Å². The molecule has 0 amide bonds. The molecule has 4 heteroatoms. The van der Waals surface area contributed by atoms with E-state index in [0.29, 0.717) is 12.1 Å². The third kappa shape index (κ3) is 4.44. The van der Waals surface area contributed by atoms with Crippen molar-refractivity contribution in [1.82, 2.24) is 5.32 Å². The van der Waals surface area contributed by atoms with E-state index in [2.05, 4.69) is 58.2 Å². The molecule has 0 radical (unpaired) electrons.